The van der Waals surface area contributed by atoms with Crippen LogP contribution in [0.15, 0.2) is 12.3 Å². The maximum atomic E-state index is 11.0. The Bertz CT molecular complexity index is 464. The van der Waals surface area contributed by atoms with Gasteiger partial charge in [-0.25, -0.2) is 9.78 Å². The van der Waals surface area contributed by atoms with Gasteiger partial charge in [-0.15, -0.1) is 0 Å². The third-order valence-electron chi connectivity index (χ3n) is 3.54. The van der Waals surface area contributed by atoms with Crippen molar-refractivity contribution >= 4 is 17.5 Å². The average Bonchev–Trinajstić information content (AvgIpc) is 2.70. The highest BCUT2D eigenvalue weighted by Gasteiger charge is 2.33. The van der Waals surface area contributed by atoms with Crippen molar-refractivity contribution in [1.29, 1.82) is 0 Å². The van der Waals surface area contributed by atoms with Crippen LogP contribution in [-0.4, -0.2) is 40.4 Å². The number of nitrogens with two attached hydrogens (primary N) is 1. The molecule has 2 rings (SSSR count). The first-order valence-corrected chi connectivity index (χ1v) is 5.91. The van der Waals surface area contributed by atoms with Crippen LogP contribution >= 0.6 is 0 Å². The number of aromatic nitrogens is 1. The van der Waals surface area contributed by atoms with Gasteiger partial charge in [0, 0.05) is 12.7 Å². The lowest BCUT2D eigenvalue weighted by Gasteiger charge is -2.27. The molecule has 6 nitrogen and oxygen atoms in total. The van der Waals surface area contributed by atoms with Gasteiger partial charge in [-0.2, -0.15) is 0 Å². The monoisotopic (exact) mass is 251 g/mol. The molecule has 98 valence electrons. The van der Waals surface area contributed by atoms with Crippen LogP contribution in [0, 0.1) is 5.92 Å². The molecule has 2 unspecified atom stereocenters. The van der Waals surface area contributed by atoms with Crippen molar-refractivity contribution in [2.75, 3.05) is 23.8 Å². The van der Waals surface area contributed by atoms with Crippen LogP contribution < -0.4 is 10.6 Å². The lowest BCUT2D eigenvalue weighted by molar-refractivity contribution is 0.0698. The van der Waals surface area contributed by atoms with Gasteiger partial charge in [0.05, 0.1) is 23.9 Å². The van der Waals surface area contributed by atoms with Crippen LogP contribution in [0.1, 0.15) is 23.7 Å². The largest absolute Gasteiger partial charge is 0.478 e. The summed E-state index contributed by atoms with van der Waals surface area (Å²) in [6, 6.07) is 1.33. The molecule has 0 radical (unpaired) electrons. The molecule has 2 heterocycles. The van der Waals surface area contributed by atoms with E-state index in [0.29, 0.717) is 11.7 Å². The molecule has 2 atom stereocenters. The number of anilines is 2. The molecule has 1 saturated heterocycles. The molecule has 1 aromatic heterocycles. The fraction of sp³-hybridized carbons (Fsp3) is 0.500. The lowest BCUT2D eigenvalue weighted by atomic mass is 10.0. The van der Waals surface area contributed by atoms with Gasteiger partial charge in [0.2, 0.25) is 0 Å². The number of hydrogen-bond acceptors (Lipinski definition) is 5. The summed E-state index contributed by atoms with van der Waals surface area (Å²) in [7, 11) is 0. The predicted molar refractivity (Wildman–Crippen MR) is 67.6 cm³/mol. The van der Waals surface area contributed by atoms with Crippen molar-refractivity contribution in [2.24, 2.45) is 5.92 Å². The summed E-state index contributed by atoms with van der Waals surface area (Å²) >= 11 is 0. The third-order valence-corrected chi connectivity index (χ3v) is 3.54. The molecule has 4 N–H and O–H groups in total. The van der Waals surface area contributed by atoms with E-state index < -0.39 is 5.97 Å². The molecule has 0 spiro atoms. The van der Waals surface area contributed by atoms with Crippen LogP contribution in [-0.2, 0) is 0 Å². The minimum absolute atomic E-state index is 0.0135. The van der Waals surface area contributed by atoms with Crippen LogP contribution in [0.25, 0.3) is 0 Å². The normalized spacial score (nSPS) is 23.3. The summed E-state index contributed by atoms with van der Waals surface area (Å²) in [5.74, 6) is -0.271. The van der Waals surface area contributed by atoms with Crippen LogP contribution in [0.3, 0.4) is 0 Å². The number of rotatable bonds is 3. The number of hydrogen-bond donors (Lipinski definition) is 3. The van der Waals surface area contributed by atoms with Gasteiger partial charge in [-0.05, 0) is 18.4 Å². The first-order chi connectivity index (χ1) is 8.56. The predicted octanol–water partition coefficient (Wildman–Crippen LogP) is 0.569. The van der Waals surface area contributed by atoms with E-state index in [-0.39, 0.29) is 23.9 Å². The van der Waals surface area contributed by atoms with E-state index in [2.05, 4.69) is 11.9 Å². The second-order valence-corrected chi connectivity index (χ2v) is 4.61. The number of nitrogen functional groups attached to an aromatic ring is 1. The molecule has 1 aliphatic heterocycles. The van der Waals surface area contributed by atoms with Crippen molar-refractivity contribution in [3.63, 3.8) is 0 Å². The molecule has 1 aromatic rings. The van der Waals surface area contributed by atoms with E-state index in [1.165, 1.54) is 12.3 Å². The number of aromatic carboxylic acids is 1. The molecule has 6 heteroatoms. The second-order valence-electron chi connectivity index (χ2n) is 4.61. The van der Waals surface area contributed by atoms with Gasteiger partial charge < -0.3 is 20.8 Å². The second kappa shape index (κ2) is 4.81. The molecular weight excluding hydrogens is 234 g/mol. The topological polar surface area (TPSA) is 99.7 Å². The number of carboxylic acid groups (broad SMARTS) is 1. The number of carboxylic acids is 1. The minimum Gasteiger partial charge on any atom is -0.478 e. The number of nitrogens with zero attached hydrogens (tertiary/aromatic N) is 2. The van der Waals surface area contributed by atoms with Crippen LogP contribution in [0.4, 0.5) is 11.5 Å². The molecule has 0 amide bonds. The number of aliphatic hydroxyl groups is 1. The summed E-state index contributed by atoms with van der Waals surface area (Å²) in [4.78, 5) is 17.1. The summed E-state index contributed by atoms with van der Waals surface area (Å²) in [5, 5.41) is 18.4. The van der Waals surface area contributed by atoms with Crippen molar-refractivity contribution < 1.29 is 15.0 Å². The van der Waals surface area contributed by atoms with Crippen molar-refractivity contribution in [2.45, 2.75) is 19.4 Å². The Morgan fingerprint density at radius 1 is 1.67 bits per heavy atom. The smallest absolute Gasteiger partial charge is 0.337 e. The Kier molecular flexibility index (Phi) is 3.38. The van der Waals surface area contributed by atoms with E-state index in [4.69, 9.17) is 10.8 Å². The van der Waals surface area contributed by atoms with Crippen molar-refractivity contribution in [3.8, 4) is 0 Å². The SMILES string of the molecule is CC1CCN(c2nccc(C(=O)O)c2N)C1CO. The third kappa shape index (κ3) is 1.99. The highest BCUT2D eigenvalue weighted by molar-refractivity contribution is 5.96. The standard InChI is InChI=1S/C12H17N3O3/c1-7-3-5-15(9(7)6-16)11-10(13)8(12(17)18)2-4-14-11/h2,4,7,9,16H,3,5-6,13H2,1H3,(H,17,18). The lowest BCUT2D eigenvalue weighted by Crippen LogP contribution is -2.36. The van der Waals surface area contributed by atoms with E-state index >= 15 is 0 Å². The highest BCUT2D eigenvalue weighted by atomic mass is 16.4. The number of aliphatic hydroxyl groups excluding tert-OH is 1. The molecule has 0 saturated carbocycles. The molecular formula is C12H17N3O3. The number of pyridine rings is 1. The first kappa shape index (κ1) is 12.6. The zero-order valence-corrected chi connectivity index (χ0v) is 10.2. The van der Waals surface area contributed by atoms with Crippen LogP contribution in [0.5, 0.6) is 0 Å². The van der Waals surface area contributed by atoms with Gasteiger partial charge in [0.25, 0.3) is 0 Å². The fourth-order valence-corrected chi connectivity index (χ4v) is 2.43. The molecule has 1 fully saturated rings. The van der Waals surface area contributed by atoms with Gasteiger partial charge >= 0.3 is 5.97 Å². The van der Waals surface area contributed by atoms with E-state index in [1.807, 2.05) is 4.90 Å². The first-order valence-electron chi connectivity index (χ1n) is 5.91. The fourth-order valence-electron chi connectivity index (χ4n) is 2.43. The molecule has 1 aliphatic rings. The van der Waals surface area contributed by atoms with E-state index in [0.717, 1.165) is 13.0 Å². The summed E-state index contributed by atoms with van der Waals surface area (Å²) in [6.07, 6.45) is 2.37. The van der Waals surface area contributed by atoms with Gasteiger partial charge in [0.15, 0.2) is 5.82 Å². The van der Waals surface area contributed by atoms with Crippen molar-refractivity contribution in [1.82, 2.24) is 4.98 Å². The summed E-state index contributed by atoms with van der Waals surface area (Å²) in [6.45, 7) is 2.80. The van der Waals surface area contributed by atoms with E-state index in [1.54, 1.807) is 0 Å². The zero-order chi connectivity index (χ0) is 13.3. The van der Waals surface area contributed by atoms with Gasteiger partial charge in [-0.3, -0.25) is 0 Å². The Morgan fingerprint density at radius 2 is 2.39 bits per heavy atom. The zero-order valence-electron chi connectivity index (χ0n) is 10.2. The highest BCUT2D eigenvalue weighted by Crippen LogP contribution is 2.32. The average molecular weight is 251 g/mol. The Hall–Kier alpha value is -1.82. The van der Waals surface area contributed by atoms with Gasteiger partial charge in [0.1, 0.15) is 0 Å². The number of carbonyl (C=O) groups is 1. The minimum atomic E-state index is -1.07. The molecule has 0 bridgehead atoms. The maximum Gasteiger partial charge on any atom is 0.337 e. The molecule has 0 aromatic carbocycles. The van der Waals surface area contributed by atoms with E-state index in [9.17, 15) is 9.90 Å². The van der Waals surface area contributed by atoms with Gasteiger partial charge in [-0.1, -0.05) is 6.92 Å². The van der Waals surface area contributed by atoms with Crippen LogP contribution in [0.2, 0.25) is 0 Å². The van der Waals surface area contributed by atoms with Crippen molar-refractivity contribution in [3.05, 3.63) is 17.8 Å². The Balaban J connectivity index is 2.40. The maximum absolute atomic E-state index is 11.0. The molecule has 0 aliphatic carbocycles. The summed E-state index contributed by atoms with van der Waals surface area (Å²) < 4.78 is 0. The summed E-state index contributed by atoms with van der Waals surface area (Å²) in [5.41, 5.74) is 6.08. The molecule has 18 heavy (non-hydrogen) atoms. The Morgan fingerprint density at radius 3 is 3.00 bits per heavy atom. The quantitative estimate of drug-likeness (QED) is 0.726. The Labute approximate surface area is 105 Å².